The Kier molecular flexibility index (Phi) is 4.59. The number of hydrogen-bond acceptors (Lipinski definition) is 5. The van der Waals surface area contributed by atoms with Crippen LogP contribution in [0.5, 0.6) is 0 Å². The van der Waals surface area contributed by atoms with Crippen molar-refractivity contribution in [3.05, 3.63) is 6.20 Å². The fourth-order valence-electron chi connectivity index (χ4n) is 1.35. The first-order valence-electron chi connectivity index (χ1n) is 6.11. The third kappa shape index (κ3) is 4.45. The predicted molar refractivity (Wildman–Crippen MR) is 75.1 cm³/mol. The van der Waals surface area contributed by atoms with E-state index in [9.17, 15) is 9.59 Å². The molecule has 0 unspecified atom stereocenters. The fourth-order valence-corrected chi connectivity index (χ4v) is 1.35. The van der Waals surface area contributed by atoms with E-state index in [-0.39, 0.29) is 12.5 Å². The molecule has 8 nitrogen and oxygen atoms in total. The van der Waals surface area contributed by atoms with Gasteiger partial charge in [-0.25, -0.2) is 4.79 Å². The minimum atomic E-state index is -0.602. The lowest BCUT2D eigenvalue weighted by Gasteiger charge is -2.24. The van der Waals surface area contributed by atoms with Crippen LogP contribution in [0.3, 0.4) is 0 Å². The van der Waals surface area contributed by atoms with E-state index in [2.05, 4.69) is 10.4 Å². The number of ether oxygens (including phenoxy) is 1. The Balaban J connectivity index is 2.54. The van der Waals surface area contributed by atoms with Gasteiger partial charge >= 0.3 is 6.09 Å². The number of nitrogens with one attached hydrogen (secondary N) is 1. The summed E-state index contributed by atoms with van der Waals surface area (Å²) in [5.74, 6) is -0.0312. The van der Waals surface area contributed by atoms with E-state index >= 15 is 0 Å². The standard InChI is InChI=1S/C12H21N5O3/c1-12(2,3)20-11(19)16(4)7-9(18)15-8-6-14-17(5)10(8)13/h6H,7,13H2,1-5H3,(H,15,18). The lowest BCUT2D eigenvalue weighted by molar-refractivity contribution is -0.117. The van der Waals surface area contributed by atoms with Gasteiger partial charge in [-0.05, 0) is 20.8 Å². The summed E-state index contributed by atoms with van der Waals surface area (Å²) in [6, 6.07) is 0. The molecule has 2 amide bonds. The maximum atomic E-state index is 11.8. The summed E-state index contributed by atoms with van der Waals surface area (Å²) in [4.78, 5) is 24.7. The number of aromatic nitrogens is 2. The summed E-state index contributed by atoms with van der Waals surface area (Å²) in [5, 5.41) is 6.49. The summed E-state index contributed by atoms with van der Waals surface area (Å²) < 4.78 is 6.58. The average Bonchev–Trinajstić information content (AvgIpc) is 2.58. The lowest BCUT2D eigenvalue weighted by atomic mass is 10.2. The minimum Gasteiger partial charge on any atom is -0.444 e. The third-order valence-electron chi connectivity index (χ3n) is 2.34. The molecule has 0 saturated carbocycles. The second-order valence-corrected chi connectivity index (χ2v) is 5.45. The van der Waals surface area contributed by atoms with Crippen LogP contribution in [0, 0.1) is 0 Å². The highest BCUT2D eigenvalue weighted by molar-refractivity contribution is 5.95. The molecule has 20 heavy (non-hydrogen) atoms. The highest BCUT2D eigenvalue weighted by Gasteiger charge is 2.21. The molecule has 1 rings (SSSR count). The van der Waals surface area contributed by atoms with Crippen molar-refractivity contribution >= 4 is 23.5 Å². The number of rotatable bonds is 3. The van der Waals surface area contributed by atoms with Crippen LogP contribution >= 0.6 is 0 Å². The van der Waals surface area contributed by atoms with Gasteiger partial charge in [-0.3, -0.25) is 9.48 Å². The van der Waals surface area contributed by atoms with Crippen molar-refractivity contribution in [2.75, 3.05) is 24.6 Å². The largest absolute Gasteiger partial charge is 0.444 e. The maximum Gasteiger partial charge on any atom is 0.410 e. The van der Waals surface area contributed by atoms with E-state index in [0.717, 1.165) is 0 Å². The smallest absolute Gasteiger partial charge is 0.410 e. The number of aryl methyl sites for hydroxylation is 1. The molecule has 3 N–H and O–H groups in total. The molecule has 0 fully saturated rings. The van der Waals surface area contributed by atoms with Crippen molar-refractivity contribution in [1.29, 1.82) is 0 Å². The van der Waals surface area contributed by atoms with Gasteiger partial charge in [0.25, 0.3) is 0 Å². The number of likely N-dealkylation sites (N-methyl/N-ethyl adjacent to an activating group) is 1. The van der Waals surface area contributed by atoms with E-state index < -0.39 is 11.7 Å². The molecule has 0 atom stereocenters. The molecule has 1 aromatic heterocycles. The molecule has 0 aliphatic heterocycles. The molecular weight excluding hydrogens is 262 g/mol. The van der Waals surface area contributed by atoms with Gasteiger partial charge in [0.05, 0.1) is 6.20 Å². The van der Waals surface area contributed by atoms with Gasteiger partial charge in [0.2, 0.25) is 5.91 Å². The van der Waals surface area contributed by atoms with Gasteiger partial charge in [0.15, 0.2) is 0 Å². The van der Waals surface area contributed by atoms with Crippen molar-refractivity contribution in [3.8, 4) is 0 Å². The Morgan fingerprint density at radius 1 is 1.50 bits per heavy atom. The fraction of sp³-hybridized carbons (Fsp3) is 0.583. The monoisotopic (exact) mass is 283 g/mol. The summed E-state index contributed by atoms with van der Waals surface area (Å²) >= 11 is 0. The predicted octanol–water partition coefficient (Wildman–Crippen LogP) is 0.808. The van der Waals surface area contributed by atoms with Crippen molar-refractivity contribution in [2.24, 2.45) is 7.05 Å². The average molecular weight is 283 g/mol. The number of carbonyl (C=O) groups is 2. The van der Waals surface area contributed by atoms with Crippen LogP contribution < -0.4 is 11.1 Å². The van der Waals surface area contributed by atoms with Crippen LogP contribution in [0.15, 0.2) is 6.20 Å². The van der Waals surface area contributed by atoms with Crippen molar-refractivity contribution < 1.29 is 14.3 Å². The van der Waals surface area contributed by atoms with Gasteiger partial charge < -0.3 is 20.7 Å². The van der Waals surface area contributed by atoms with Crippen LogP contribution in [-0.4, -0.2) is 45.9 Å². The van der Waals surface area contributed by atoms with Gasteiger partial charge in [0.1, 0.15) is 23.7 Å². The van der Waals surface area contributed by atoms with Gasteiger partial charge in [-0.2, -0.15) is 5.10 Å². The maximum absolute atomic E-state index is 11.8. The highest BCUT2D eigenvalue weighted by atomic mass is 16.6. The second-order valence-electron chi connectivity index (χ2n) is 5.45. The molecule has 0 spiro atoms. The zero-order valence-electron chi connectivity index (χ0n) is 12.4. The summed E-state index contributed by atoms with van der Waals surface area (Å²) in [7, 11) is 3.15. The number of carbonyl (C=O) groups excluding carboxylic acids is 2. The number of anilines is 2. The highest BCUT2D eigenvalue weighted by Crippen LogP contribution is 2.15. The Morgan fingerprint density at radius 3 is 2.55 bits per heavy atom. The van der Waals surface area contributed by atoms with Crippen LogP contribution in [0.25, 0.3) is 0 Å². The summed E-state index contributed by atoms with van der Waals surface area (Å²) in [6.45, 7) is 5.14. The van der Waals surface area contributed by atoms with Crippen LogP contribution in [0.4, 0.5) is 16.3 Å². The van der Waals surface area contributed by atoms with Crippen molar-refractivity contribution in [1.82, 2.24) is 14.7 Å². The first kappa shape index (κ1) is 15.8. The van der Waals surface area contributed by atoms with Gasteiger partial charge in [-0.15, -0.1) is 0 Å². The topological polar surface area (TPSA) is 102 Å². The third-order valence-corrected chi connectivity index (χ3v) is 2.34. The Hall–Kier alpha value is -2.25. The van der Waals surface area contributed by atoms with Crippen molar-refractivity contribution in [3.63, 3.8) is 0 Å². The molecule has 0 radical (unpaired) electrons. The lowest BCUT2D eigenvalue weighted by Crippen LogP contribution is -2.38. The summed E-state index contributed by atoms with van der Waals surface area (Å²) in [5.41, 5.74) is 5.52. The minimum absolute atomic E-state index is 0.136. The second kappa shape index (κ2) is 5.81. The Labute approximate surface area is 117 Å². The molecule has 0 aromatic carbocycles. The Morgan fingerprint density at radius 2 is 2.10 bits per heavy atom. The number of nitrogens with two attached hydrogens (primary N) is 1. The van der Waals surface area contributed by atoms with E-state index in [1.807, 2.05) is 0 Å². The first-order chi connectivity index (χ1) is 9.10. The Bertz CT molecular complexity index is 504. The van der Waals surface area contributed by atoms with Crippen LogP contribution in [0.2, 0.25) is 0 Å². The molecule has 1 heterocycles. The molecule has 112 valence electrons. The number of nitrogens with zero attached hydrogens (tertiary/aromatic N) is 3. The van der Waals surface area contributed by atoms with Crippen molar-refractivity contribution in [2.45, 2.75) is 26.4 Å². The zero-order valence-corrected chi connectivity index (χ0v) is 12.4. The number of nitrogen functional groups attached to an aromatic ring is 1. The van der Waals surface area contributed by atoms with E-state index in [4.69, 9.17) is 10.5 Å². The molecule has 0 saturated heterocycles. The summed E-state index contributed by atoms with van der Waals surface area (Å²) in [6.07, 6.45) is 0.882. The van der Waals surface area contributed by atoms with E-state index in [1.54, 1.807) is 27.8 Å². The molecule has 1 aromatic rings. The first-order valence-corrected chi connectivity index (χ1v) is 6.11. The van der Waals surface area contributed by atoms with Gasteiger partial charge in [0, 0.05) is 14.1 Å². The molecule has 8 heteroatoms. The van der Waals surface area contributed by atoms with Crippen LogP contribution in [0.1, 0.15) is 20.8 Å². The molecule has 0 aliphatic carbocycles. The normalized spacial score (nSPS) is 11.1. The number of hydrogen-bond donors (Lipinski definition) is 2. The molecule has 0 bridgehead atoms. The molecule has 0 aliphatic rings. The van der Waals surface area contributed by atoms with E-state index in [0.29, 0.717) is 11.5 Å². The number of amides is 2. The molecular formula is C12H21N5O3. The van der Waals surface area contributed by atoms with E-state index in [1.165, 1.54) is 22.8 Å². The van der Waals surface area contributed by atoms with Crippen LogP contribution in [-0.2, 0) is 16.6 Å². The van der Waals surface area contributed by atoms with Gasteiger partial charge in [-0.1, -0.05) is 0 Å². The quantitative estimate of drug-likeness (QED) is 0.854. The SMILES string of the molecule is CN(CC(=O)Nc1cnn(C)c1N)C(=O)OC(C)(C)C. The zero-order chi connectivity index (χ0) is 15.5.